The number of nitrogens with one attached hydrogen (secondary N) is 1. The molecule has 3 aromatic heterocycles. The van der Waals surface area contributed by atoms with E-state index in [0.717, 1.165) is 22.2 Å². The number of rotatable bonds is 8. The quantitative estimate of drug-likeness (QED) is 0.264. The minimum Gasteiger partial charge on any atom is -0.345 e. The van der Waals surface area contributed by atoms with Gasteiger partial charge >= 0.3 is 0 Å². The minimum absolute atomic E-state index is 0.0627. The SMILES string of the molecule is CC[C@@H](C)C(=O)Nc1cnc(-c2cccc(C(=O)N(C)C)c2)n(Cc2cncc(-n3cc(C)c4cc(F)ccc43)c2)c1=O. The third kappa shape index (κ3) is 5.94. The molecule has 0 aliphatic heterocycles. The predicted octanol–water partition coefficient (Wildman–Crippen LogP) is 5.43. The number of aryl methyl sites for hydroxylation is 1. The Morgan fingerprint density at radius 1 is 1.07 bits per heavy atom. The molecule has 1 N–H and O–H groups in total. The summed E-state index contributed by atoms with van der Waals surface area (Å²) in [5, 5.41) is 3.53. The number of pyridine rings is 1. The highest BCUT2D eigenvalue weighted by Gasteiger charge is 2.19. The summed E-state index contributed by atoms with van der Waals surface area (Å²) in [7, 11) is 3.34. The largest absolute Gasteiger partial charge is 0.345 e. The Bertz CT molecular complexity index is 1910. The maximum atomic E-state index is 13.9. The van der Waals surface area contributed by atoms with Crippen molar-refractivity contribution in [2.24, 2.45) is 5.92 Å². The van der Waals surface area contributed by atoms with E-state index in [9.17, 15) is 18.8 Å². The van der Waals surface area contributed by atoms with E-state index in [1.165, 1.54) is 27.8 Å². The lowest BCUT2D eigenvalue weighted by atomic mass is 10.1. The lowest BCUT2D eigenvalue weighted by Gasteiger charge is -2.17. The number of hydrogen-bond acceptors (Lipinski definition) is 5. The summed E-state index contributed by atoms with van der Waals surface area (Å²) in [5.74, 6) is -0.705. The second-order valence-corrected chi connectivity index (χ2v) is 10.9. The molecule has 0 unspecified atom stereocenters. The molecular formula is C33H33FN6O3. The van der Waals surface area contributed by atoms with Crippen LogP contribution < -0.4 is 10.9 Å². The Labute approximate surface area is 248 Å². The van der Waals surface area contributed by atoms with Gasteiger partial charge < -0.3 is 14.8 Å². The number of benzene rings is 2. The number of carbonyl (C=O) groups excluding carboxylic acids is 2. The van der Waals surface area contributed by atoms with Crippen molar-refractivity contribution in [1.29, 1.82) is 0 Å². The molecule has 0 spiro atoms. The van der Waals surface area contributed by atoms with E-state index in [1.54, 1.807) is 63.7 Å². The molecule has 3 heterocycles. The Kier molecular flexibility index (Phi) is 8.20. The molecule has 43 heavy (non-hydrogen) atoms. The van der Waals surface area contributed by atoms with Gasteiger partial charge in [-0.25, -0.2) is 9.37 Å². The summed E-state index contributed by atoms with van der Waals surface area (Å²) in [5.41, 5.74) is 3.84. The first-order chi connectivity index (χ1) is 20.6. The predicted molar refractivity (Wildman–Crippen MR) is 165 cm³/mol. The number of anilines is 1. The third-order valence-electron chi connectivity index (χ3n) is 7.50. The maximum absolute atomic E-state index is 13.9. The highest BCUT2D eigenvalue weighted by atomic mass is 19.1. The molecule has 0 bridgehead atoms. The van der Waals surface area contributed by atoms with Gasteiger partial charge in [-0.05, 0) is 60.9 Å². The fourth-order valence-corrected chi connectivity index (χ4v) is 4.90. The molecule has 0 fully saturated rings. The first kappa shape index (κ1) is 29.4. The Balaban J connectivity index is 1.61. The monoisotopic (exact) mass is 580 g/mol. The van der Waals surface area contributed by atoms with Crippen LogP contribution in [0.15, 0.2) is 78.1 Å². The number of hydrogen-bond donors (Lipinski definition) is 1. The molecule has 5 rings (SSSR count). The summed E-state index contributed by atoms with van der Waals surface area (Å²) in [6.07, 6.45) is 7.26. The van der Waals surface area contributed by atoms with Gasteiger partial charge in [-0.15, -0.1) is 0 Å². The molecule has 220 valence electrons. The Morgan fingerprint density at radius 2 is 1.86 bits per heavy atom. The van der Waals surface area contributed by atoms with Crippen LogP contribution >= 0.6 is 0 Å². The molecule has 2 amide bonds. The maximum Gasteiger partial charge on any atom is 0.277 e. The average Bonchev–Trinajstić information content (AvgIpc) is 3.33. The fraction of sp³-hybridized carbons (Fsp3) is 0.242. The number of fused-ring (bicyclic) bond motifs is 1. The van der Waals surface area contributed by atoms with E-state index in [2.05, 4.69) is 15.3 Å². The van der Waals surface area contributed by atoms with Crippen molar-refractivity contribution < 1.29 is 14.0 Å². The number of amides is 2. The van der Waals surface area contributed by atoms with E-state index in [-0.39, 0.29) is 35.8 Å². The third-order valence-corrected chi connectivity index (χ3v) is 7.50. The van der Waals surface area contributed by atoms with Gasteiger partial charge in [0.25, 0.3) is 11.5 Å². The number of aromatic nitrogens is 4. The van der Waals surface area contributed by atoms with Gasteiger partial charge in [-0.1, -0.05) is 26.0 Å². The molecule has 0 saturated carbocycles. The van der Waals surface area contributed by atoms with Crippen molar-refractivity contribution in [3.05, 3.63) is 106 Å². The molecule has 1 atom stereocenters. The first-order valence-electron chi connectivity index (χ1n) is 14.0. The molecule has 5 aromatic rings. The zero-order valence-electron chi connectivity index (χ0n) is 24.8. The van der Waals surface area contributed by atoms with Crippen LogP contribution in [0.5, 0.6) is 0 Å². The van der Waals surface area contributed by atoms with Crippen molar-refractivity contribution in [3.63, 3.8) is 0 Å². The zero-order chi connectivity index (χ0) is 30.8. The summed E-state index contributed by atoms with van der Waals surface area (Å²) in [6, 6.07) is 13.5. The van der Waals surface area contributed by atoms with Crippen LogP contribution in [0.4, 0.5) is 10.1 Å². The van der Waals surface area contributed by atoms with Crippen molar-refractivity contribution in [3.8, 4) is 17.1 Å². The molecule has 0 aliphatic rings. The van der Waals surface area contributed by atoms with Gasteiger partial charge in [0.1, 0.15) is 17.3 Å². The van der Waals surface area contributed by atoms with Crippen LogP contribution in [-0.4, -0.2) is 49.9 Å². The summed E-state index contributed by atoms with van der Waals surface area (Å²) < 4.78 is 17.3. The van der Waals surface area contributed by atoms with Gasteiger partial charge in [0.2, 0.25) is 5.91 Å². The van der Waals surface area contributed by atoms with E-state index in [1.807, 2.05) is 30.7 Å². The zero-order valence-corrected chi connectivity index (χ0v) is 24.8. The summed E-state index contributed by atoms with van der Waals surface area (Å²) in [4.78, 5) is 49.7. The molecule has 10 heteroatoms. The summed E-state index contributed by atoms with van der Waals surface area (Å²) in [6.45, 7) is 5.70. The molecule has 2 aromatic carbocycles. The lowest BCUT2D eigenvalue weighted by Crippen LogP contribution is -2.30. The smallest absolute Gasteiger partial charge is 0.277 e. The van der Waals surface area contributed by atoms with Gasteiger partial charge in [-0.3, -0.25) is 23.9 Å². The molecular weight excluding hydrogens is 547 g/mol. The molecule has 0 radical (unpaired) electrons. The fourth-order valence-electron chi connectivity index (χ4n) is 4.90. The summed E-state index contributed by atoms with van der Waals surface area (Å²) >= 11 is 0. The van der Waals surface area contributed by atoms with Crippen molar-refractivity contribution >= 4 is 28.4 Å². The highest BCUT2D eigenvalue weighted by Crippen LogP contribution is 2.26. The minimum atomic E-state index is -0.436. The van der Waals surface area contributed by atoms with Gasteiger partial charge in [0, 0.05) is 48.9 Å². The standard InChI is InChI=1S/C33H33FN6O3/c1-6-20(2)31(41)37-28-17-36-30(23-8-7-9-24(13-23)32(42)38(4)5)40(33(28)43)19-22-12-26(16-35-15-22)39-18-21(3)27-14-25(34)10-11-29(27)39/h7-18,20H,6,19H2,1-5H3,(H,37,41)/t20-/m1/s1. The lowest BCUT2D eigenvalue weighted by molar-refractivity contribution is -0.119. The topological polar surface area (TPSA) is 102 Å². The molecule has 0 saturated heterocycles. The first-order valence-corrected chi connectivity index (χ1v) is 14.0. The van der Waals surface area contributed by atoms with E-state index < -0.39 is 5.56 Å². The highest BCUT2D eigenvalue weighted by molar-refractivity contribution is 5.95. The Morgan fingerprint density at radius 3 is 2.60 bits per heavy atom. The average molecular weight is 581 g/mol. The number of nitrogens with zero attached hydrogens (tertiary/aromatic N) is 5. The van der Waals surface area contributed by atoms with Crippen molar-refractivity contribution in [1.82, 2.24) is 24.0 Å². The van der Waals surface area contributed by atoms with Crippen LogP contribution in [0, 0.1) is 18.7 Å². The van der Waals surface area contributed by atoms with E-state index >= 15 is 0 Å². The Hall–Kier alpha value is -5.12. The van der Waals surface area contributed by atoms with E-state index in [0.29, 0.717) is 28.9 Å². The number of halogens is 1. The van der Waals surface area contributed by atoms with Crippen LogP contribution in [0.3, 0.4) is 0 Å². The van der Waals surface area contributed by atoms with Crippen molar-refractivity contribution in [2.45, 2.75) is 33.7 Å². The second kappa shape index (κ2) is 12.0. The van der Waals surface area contributed by atoms with Crippen LogP contribution in [0.2, 0.25) is 0 Å². The number of carbonyl (C=O) groups is 2. The van der Waals surface area contributed by atoms with Gasteiger partial charge in [-0.2, -0.15) is 0 Å². The van der Waals surface area contributed by atoms with Crippen molar-refractivity contribution in [2.75, 3.05) is 19.4 Å². The van der Waals surface area contributed by atoms with Crippen LogP contribution in [0.25, 0.3) is 28.0 Å². The van der Waals surface area contributed by atoms with Crippen LogP contribution in [-0.2, 0) is 11.3 Å². The van der Waals surface area contributed by atoms with E-state index in [4.69, 9.17) is 0 Å². The van der Waals surface area contributed by atoms with Gasteiger partial charge in [0.05, 0.1) is 30.1 Å². The van der Waals surface area contributed by atoms with Crippen LogP contribution in [0.1, 0.15) is 41.8 Å². The second-order valence-electron chi connectivity index (χ2n) is 10.9. The molecule has 0 aliphatic carbocycles. The molecule has 9 nitrogen and oxygen atoms in total. The normalized spacial score (nSPS) is 11.9. The van der Waals surface area contributed by atoms with Gasteiger partial charge in [0.15, 0.2) is 0 Å².